The van der Waals surface area contributed by atoms with E-state index < -0.39 is 5.92 Å². The number of carbonyl (C=O) groups excluding carboxylic acids is 2. The average molecular weight is 448 g/mol. The molecule has 1 saturated heterocycles. The van der Waals surface area contributed by atoms with Gasteiger partial charge in [-0.25, -0.2) is 9.50 Å². The summed E-state index contributed by atoms with van der Waals surface area (Å²) in [6.07, 6.45) is 8.08. The number of hydrogen-bond donors (Lipinski definition) is 2. The number of nitrogens with zero attached hydrogens (tertiary/aromatic N) is 4. The van der Waals surface area contributed by atoms with Crippen LogP contribution in [0.5, 0.6) is 5.75 Å². The Bertz CT molecular complexity index is 1210. The molecule has 2 aliphatic heterocycles. The molecule has 170 valence electrons. The number of hydrogen-bond acceptors (Lipinski definition) is 8. The molecule has 0 aliphatic carbocycles. The van der Waals surface area contributed by atoms with E-state index in [4.69, 9.17) is 9.47 Å². The van der Waals surface area contributed by atoms with Crippen LogP contribution in [0, 0.1) is 11.8 Å². The number of pyridine rings is 1. The van der Waals surface area contributed by atoms with Gasteiger partial charge in [-0.2, -0.15) is 5.10 Å². The van der Waals surface area contributed by atoms with Gasteiger partial charge in [-0.05, 0) is 50.0 Å². The minimum Gasteiger partial charge on any atom is -0.495 e. The molecule has 10 nitrogen and oxygen atoms in total. The van der Waals surface area contributed by atoms with Gasteiger partial charge in [0.25, 0.3) is 5.91 Å². The molecule has 0 aromatic carbocycles. The predicted octanol–water partition coefficient (Wildman–Crippen LogP) is 1.45. The number of cyclic esters (lactones) is 1. The Morgan fingerprint density at radius 1 is 1.24 bits per heavy atom. The fraction of sp³-hybridized carbons (Fsp3) is 0.348. The van der Waals surface area contributed by atoms with Gasteiger partial charge in [0.15, 0.2) is 5.65 Å². The summed E-state index contributed by atoms with van der Waals surface area (Å²) in [6.45, 7) is 1.61. The molecule has 0 bridgehead atoms. The second kappa shape index (κ2) is 8.99. The fourth-order valence-electron chi connectivity index (χ4n) is 4.49. The Balaban J connectivity index is 1.56. The molecule has 3 aromatic heterocycles. The van der Waals surface area contributed by atoms with Crippen LogP contribution in [0.4, 0.5) is 0 Å². The lowest BCUT2D eigenvalue weighted by atomic mass is 9.77. The second-order valence-electron chi connectivity index (χ2n) is 8.05. The first kappa shape index (κ1) is 21.1. The van der Waals surface area contributed by atoms with E-state index >= 15 is 0 Å². The van der Waals surface area contributed by atoms with Gasteiger partial charge < -0.3 is 20.1 Å². The number of nitrogens with one attached hydrogen (secondary N) is 2. The number of esters is 1. The van der Waals surface area contributed by atoms with Crippen molar-refractivity contribution in [2.75, 3.05) is 26.8 Å². The van der Waals surface area contributed by atoms with Gasteiger partial charge in [0.05, 0.1) is 36.8 Å². The zero-order valence-corrected chi connectivity index (χ0v) is 18.2. The molecule has 1 amide bonds. The van der Waals surface area contributed by atoms with Gasteiger partial charge >= 0.3 is 5.97 Å². The first-order valence-electron chi connectivity index (χ1n) is 10.9. The molecule has 10 heteroatoms. The van der Waals surface area contributed by atoms with E-state index in [-0.39, 0.29) is 24.4 Å². The highest BCUT2D eigenvalue weighted by Gasteiger charge is 2.40. The number of carbonyl (C=O) groups is 2. The fourth-order valence-corrected chi connectivity index (χ4v) is 4.49. The zero-order chi connectivity index (χ0) is 22.8. The molecule has 2 aliphatic rings. The van der Waals surface area contributed by atoms with Crippen LogP contribution >= 0.6 is 0 Å². The van der Waals surface area contributed by atoms with E-state index in [0.29, 0.717) is 33.9 Å². The van der Waals surface area contributed by atoms with Crippen LogP contribution in [-0.4, -0.2) is 58.3 Å². The molecule has 0 saturated carbocycles. The zero-order valence-electron chi connectivity index (χ0n) is 18.2. The maximum absolute atomic E-state index is 13.2. The van der Waals surface area contributed by atoms with Crippen molar-refractivity contribution in [2.45, 2.75) is 12.8 Å². The summed E-state index contributed by atoms with van der Waals surface area (Å²) in [5.41, 5.74) is 2.61. The molecule has 5 rings (SSSR count). The first-order chi connectivity index (χ1) is 16.2. The quantitative estimate of drug-likeness (QED) is 0.563. The van der Waals surface area contributed by atoms with E-state index in [0.717, 1.165) is 25.9 Å². The Labute approximate surface area is 190 Å². The summed E-state index contributed by atoms with van der Waals surface area (Å²) in [5.74, 6) is -0.473. The number of aromatic nitrogens is 4. The van der Waals surface area contributed by atoms with Crippen molar-refractivity contribution >= 4 is 23.1 Å². The second-order valence-corrected chi connectivity index (χ2v) is 8.05. The highest BCUT2D eigenvalue weighted by Crippen LogP contribution is 2.38. The third-order valence-electron chi connectivity index (χ3n) is 6.14. The lowest BCUT2D eigenvalue weighted by Gasteiger charge is -2.35. The molecule has 3 aromatic rings. The molecule has 0 spiro atoms. The molecule has 1 unspecified atom stereocenters. The van der Waals surface area contributed by atoms with E-state index in [1.165, 1.54) is 10.7 Å². The van der Waals surface area contributed by atoms with Gasteiger partial charge in [0.2, 0.25) is 0 Å². The summed E-state index contributed by atoms with van der Waals surface area (Å²) >= 11 is 0. The Morgan fingerprint density at radius 3 is 2.85 bits per heavy atom. The van der Waals surface area contributed by atoms with Gasteiger partial charge in [0.1, 0.15) is 17.9 Å². The van der Waals surface area contributed by atoms with Crippen molar-refractivity contribution in [2.24, 2.45) is 11.8 Å². The van der Waals surface area contributed by atoms with Gasteiger partial charge in [-0.3, -0.25) is 14.6 Å². The van der Waals surface area contributed by atoms with Gasteiger partial charge in [-0.1, -0.05) is 0 Å². The predicted molar refractivity (Wildman–Crippen MR) is 118 cm³/mol. The van der Waals surface area contributed by atoms with E-state index in [9.17, 15) is 9.59 Å². The van der Waals surface area contributed by atoms with Gasteiger partial charge in [0, 0.05) is 18.0 Å². The number of piperidine rings is 1. The average Bonchev–Trinajstić information content (AvgIpc) is 3.30. The lowest BCUT2D eigenvalue weighted by molar-refractivity contribution is -0.148. The highest BCUT2D eigenvalue weighted by atomic mass is 16.5. The van der Waals surface area contributed by atoms with Crippen LogP contribution in [0.3, 0.4) is 0 Å². The Hall–Kier alpha value is -3.79. The Kier molecular flexibility index (Phi) is 5.74. The first-order valence-corrected chi connectivity index (χ1v) is 10.9. The van der Waals surface area contributed by atoms with Crippen molar-refractivity contribution in [3.05, 3.63) is 59.9 Å². The molecule has 33 heavy (non-hydrogen) atoms. The van der Waals surface area contributed by atoms with Crippen LogP contribution in [0.15, 0.2) is 48.7 Å². The molecule has 1 atom stereocenters. The lowest BCUT2D eigenvalue weighted by Crippen LogP contribution is -2.41. The van der Waals surface area contributed by atoms with Crippen LogP contribution < -0.4 is 15.4 Å². The highest BCUT2D eigenvalue weighted by molar-refractivity contribution is 6.02. The largest absolute Gasteiger partial charge is 0.495 e. The van der Waals surface area contributed by atoms with Crippen LogP contribution in [0.2, 0.25) is 0 Å². The molecule has 5 heterocycles. The standard InChI is InChI=1S/C23H24N6O4/c1-32-15-3-4-17(26-11-15)20-18(13-33-23(31)19(20)14-5-8-24-9-6-14)28-22(30)16-12-27-29-10-2-7-25-21(16)29/h2-4,7,10-12,14,19,24H,5-6,8-9,13H2,1H3,(H,28,30). The molecule has 1 fully saturated rings. The van der Waals surface area contributed by atoms with Crippen molar-refractivity contribution in [3.63, 3.8) is 0 Å². The SMILES string of the molecule is COc1ccc(C2=C(NC(=O)c3cnn4cccnc34)COC(=O)C2C2CCNCC2)nc1. The number of rotatable bonds is 5. The van der Waals surface area contributed by atoms with Crippen molar-refractivity contribution < 1.29 is 19.1 Å². The molecular weight excluding hydrogens is 424 g/mol. The minimum absolute atomic E-state index is 0.0400. The summed E-state index contributed by atoms with van der Waals surface area (Å²) in [7, 11) is 1.57. The topological polar surface area (TPSA) is 120 Å². The summed E-state index contributed by atoms with van der Waals surface area (Å²) in [6, 6.07) is 5.34. The van der Waals surface area contributed by atoms with E-state index in [1.807, 2.05) is 6.07 Å². The van der Waals surface area contributed by atoms with Crippen LogP contribution in [-0.2, 0) is 9.53 Å². The summed E-state index contributed by atoms with van der Waals surface area (Å²) < 4.78 is 12.3. The monoisotopic (exact) mass is 448 g/mol. The number of methoxy groups -OCH3 is 1. The number of fused-ring (bicyclic) bond motifs is 1. The normalized spacial score (nSPS) is 19.4. The molecule has 0 radical (unpaired) electrons. The van der Waals surface area contributed by atoms with E-state index in [2.05, 4.69) is 25.7 Å². The van der Waals surface area contributed by atoms with Crippen LogP contribution in [0.1, 0.15) is 28.9 Å². The maximum Gasteiger partial charge on any atom is 0.314 e. The number of amides is 1. The third-order valence-corrected chi connectivity index (χ3v) is 6.14. The van der Waals surface area contributed by atoms with E-state index in [1.54, 1.807) is 37.8 Å². The van der Waals surface area contributed by atoms with Crippen molar-refractivity contribution in [1.29, 1.82) is 0 Å². The maximum atomic E-state index is 13.2. The minimum atomic E-state index is -0.515. The number of ether oxygens (including phenoxy) is 2. The Morgan fingerprint density at radius 2 is 2.09 bits per heavy atom. The van der Waals surface area contributed by atoms with Crippen molar-refractivity contribution in [1.82, 2.24) is 30.2 Å². The van der Waals surface area contributed by atoms with Crippen LogP contribution in [0.25, 0.3) is 11.2 Å². The van der Waals surface area contributed by atoms with Gasteiger partial charge in [-0.15, -0.1) is 0 Å². The molecular formula is C23H24N6O4. The molecule has 2 N–H and O–H groups in total. The smallest absolute Gasteiger partial charge is 0.314 e. The summed E-state index contributed by atoms with van der Waals surface area (Å²) in [4.78, 5) is 35.0. The summed E-state index contributed by atoms with van der Waals surface area (Å²) in [5, 5.41) is 10.5. The van der Waals surface area contributed by atoms with Crippen molar-refractivity contribution in [3.8, 4) is 5.75 Å². The third kappa shape index (κ3) is 4.05.